The molecule has 1 aromatic carbocycles. The Morgan fingerprint density at radius 3 is 2.61 bits per heavy atom. The van der Waals surface area contributed by atoms with Gasteiger partial charge in [0.15, 0.2) is 11.6 Å². The van der Waals surface area contributed by atoms with Gasteiger partial charge in [-0.05, 0) is 17.0 Å². The highest BCUT2D eigenvalue weighted by molar-refractivity contribution is 5.91. The normalized spacial score (nSPS) is 15.1. The van der Waals surface area contributed by atoms with Gasteiger partial charge in [0.2, 0.25) is 5.82 Å². The molecule has 0 unspecified atom stereocenters. The number of halogens is 2. The number of hydrogen-bond acceptors (Lipinski definition) is 2. The average Bonchev–Trinajstić information content (AvgIpc) is 2.31. The van der Waals surface area contributed by atoms with E-state index in [2.05, 4.69) is 4.98 Å². The van der Waals surface area contributed by atoms with Gasteiger partial charge in [-0.2, -0.15) is 4.39 Å². The van der Waals surface area contributed by atoms with Crippen LogP contribution in [-0.2, 0) is 5.41 Å². The molecule has 2 aromatic rings. The summed E-state index contributed by atoms with van der Waals surface area (Å²) in [4.78, 5) is 4.00. The molecule has 0 saturated carbocycles. The lowest BCUT2D eigenvalue weighted by atomic mass is 9.85. The molecule has 2 rings (SSSR count). The fraction of sp³-hybridized carbons (Fsp3) is 0.357. The fourth-order valence-corrected chi connectivity index (χ4v) is 1.92. The Morgan fingerprint density at radius 1 is 1.28 bits per heavy atom. The van der Waals surface area contributed by atoms with Crippen molar-refractivity contribution >= 4 is 10.8 Å². The van der Waals surface area contributed by atoms with Crippen LogP contribution in [0.3, 0.4) is 0 Å². The Hall–Kier alpha value is -1.71. The molecule has 0 spiro atoms. The van der Waals surface area contributed by atoms with Gasteiger partial charge in [0, 0.05) is 23.2 Å². The van der Waals surface area contributed by atoms with Gasteiger partial charge >= 0.3 is 0 Å². The molecule has 0 aliphatic carbocycles. The van der Waals surface area contributed by atoms with Gasteiger partial charge < -0.3 is 4.74 Å². The molecule has 0 bridgehead atoms. The van der Waals surface area contributed by atoms with E-state index in [-0.39, 0.29) is 5.39 Å². The van der Waals surface area contributed by atoms with Gasteiger partial charge in [-0.25, -0.2) is 4.39 Å². The molecule has 0 atom stereocenters. The number of nitrogens with zero attached hydrogens (tertiary/aromatic N) is 1. The van der Waals surface area contributed by atoms with Crippen molar-refractivity contribution in [3.63, 3.8) is 0 Å². The third kappa shape index (κ3) is 1.92. The highest BCUT2D eigenvalue weighted by Crippen LogP contribution is 2.37. The van der Waals surface area contributed by atoms with Crippen LogP contribution >= 0.6 is 0 Å². The van der Waals surface area contributed by atoms with E-state index in [0.717, 1.165) is 6.07 Å². The number of aromatic nitrogens is 1. The molecule has 0 fully saturated rings. The second-order valence-electron chi connectivity index (χ2n) is 5.14. The maximum Gasteiger partial charge on any atom is 0.201 e. The van der Waals surface area contributed by atoms with Crippen LogP contribution in [0.15, 0.2) is 18.5 Å². The van der Waals surface area contributed by atoms with Crippen LogP contribution in [0.25, 0.3) is 10.8 Å². The molecule has 18 heavy (non-hydrogen) atoms. The minimum absolute atomic E-state index is 0.229. The lowest BCUT2D eigenvalue weighted by molar-refractivity contribution is 0.376. The summed E-state index contributed by atoms with van der Waals surface area (Å²) in [5.74, 6) is -3.08. The first-order valence-electron chi connectivity index (χ1n) is 6.96. The highest BCUT2D eigenvalue weighted by atomic mass is 19.2. The molecule has 0 aliphatic rings. The van der Waals surface area contributed by atoms with E-state index in [9.17, 15) is 8.78 Å². The zero-order valence-electron chi connectivity index (χ0n) is 13.3. The van der Waals surface area contributed by atoms with Gasteiger partial charge in [0.05, 0.1) is 11.2 Å². The second-order valence-corrected chi connectivity index (χ2v) is 5.14. The van der Waals surface area contributed by atoms with Crippen molar-refractivity contribution < 1.29 is 17.6 Å². The third-order valence-corrected chi connectivity index (χ3v) is 2.80. The number of hydrogen-bond donors (Lipinski definition) is 0. The van der Waals surface area contributed by atoms with Gasteiger partial charge in [0.25, 0.3) is 0 Å². The molecule has 0 amide bonds. The highest BCUT2D eigenvalue weighted by Gasteiger charge is 2.23. The van der Waals surface area contributed by atoms with Gasteiger partial charge in [-0.1, -0.05) is 20.8 Å². The minimum atomic E-state index is -2.88. The second kappa shape index (κ2) is 4.19. The average molecular weight is 254 g/mol. The molecule has 4 heteroatoms. The van der Waals surface area contributed by atoms with E-state index >= 15 is 0 Å². The van der Waals surface area contributed by atoms with E-state index in [1.807, 2.05) is 20.8 Å². The standard InChI is InChI=1S/C14H15F2NO/c1-14(2,3)9-7-17-6-8-5-10(15)12(16)13(18-4)11(8)9/h5-7H,1-4H3/i4D3. The van der Waals surface area contributed by atoms with Crippen molar-refractivity contribution in [2.75, 3.05) is 7.04 Å². The number of ether oxygens (including phenoxy) is 1. The maximum atomic E-state index is 14.1. The molecule has 0 aliphatic heterocycles. The van der Waals surface area contributed by atoms with Crippen molar-refractivity contribution in [2.24, 2.45) is 0 Å². The molecule has 1 heterocycles. The Morgan fingerprint density at radius 2 is 2.00 bits per heavy atom. The monoisotopic (exact) mass is 254 g/mol. The molecule has 0 saturated heterocycles. The fourth-order valence-electron chi connectivity index (χ4n) is 1.92. The summed E-state index contributed by atoms with van der Waals surface area (Å²) in [5.41, 5.74) is 0.141. The predicted octanol–water partition coefficient (Wildman–Crippen LogP) is 3.82. The summed E-state index contributed by atoms with van der Waals surface area (Å²) in [7, 11) is -2.88. The zero-order chi connectivity index (χ0) is 16.0. The molecular formula is C14H15F2NO. The minimum Gasteiger partial charge on any atom is -0.493 e. The Balaban J connectivity index is 2.88. The lowest BCUT2D eigenvalue weighted by Crippen LogP contribution is -2.13. The van der Waals surface area contributed by atoms with Gasteiger partial charge in [0.1, 0.15) is 0 Å². The van der Waals surface area contributed by atoms with Crippen LogP contribution in [0, 0.1) is 11.6 Å². The summed E-state index contributed by atoms with van der Waals surface area (Å²) in [6, 6.07) is 0.985. The quantitative estimate of drug-likeness (QED) is 0.771. The third-order valence-electron chi connectivity index (χ3n) is 2.80. The largest absolute Gasteiger partial charge is 0.493 e. The van der Waals surface area contributed by atoms with Crippen LogP contribution in [0.2, 0.25) is 0 Å². The summed E-state index contributed by atoms with van der Waals surface area (Å²) in [6.45, 7) is 5.59. The summed E-state index contributed by atoms with van der Waals surface area (Å²) >= 11 is 0. The Bertz CT molecular complexity index is 693. The number of methoxy groups -OCH3 is 1. The number of pyridine rings is 1. The Kier molecular flexibility index (Phi) is 2.15. The van der Waals surface area contributed by atoms with E-state index in [0.29, 0.717) is 10.9 Å². The molecule has 2 nitrogen and oxygen atoms in total. The van der Waals surface area contributed by atoms with Crippen molar-refractivity contribution in [3.05, 3.63) is 35.7 Å². The number of benzene rings is 1. The Labute approximate surface area is 109 Å². The van der Waals surface area contributed by atoms with Crippen LogP contribution < -0.4 is 4.74 Å². The van der Waals surface area contributed by atoms with Crippen LogP contribution in [0.1, 0.15) is 30.4 Å². The summed E-state index contributed by atoms with van der Waals surface area (Å²) in [5, 5.41) is 0.521. The van der Waals surface area contributed by atoms with Crippen LogP contribution in [0.5, 0.6) is 5.75 Å². The maximum absolute atomic E-state index is 14.1. The van der Waals surface area contributed by atoms with Crippen molar-refractivity contribution in [2.45, 2.75) is 26.2 Å². The first kappa shape index (κ1) is 9.25. The van der Waals surface area contributed by atoms with E-state index in [1.54, 1.807) is 0 Å². The molecule has 1 aromatic heterocycles. The number of fused-ring (bicyclic) bond motifs is 1. The molecule has 0 N–H and O–H groups in total. The van der Waals surface area contributed by atoms with Crippen LogP contribution in [-0.4, -0.2) is 12.0 Å². The van der Waals surface area contributed by atoms with Gasteiger partial charge in [-0.15, -0.1) is 0 Å². The first-order valence-corrected chi connectivity index (χ1v) is 5.46. The van der Waals surface area contributed by atoms with Gasteiger partial charge in [-0.3, -0.25) is 4.98 Å². The van der Waals surface area contributed by atoms with Crippen LogP contribution in [0.4, 0.5) is 8.78 Å². The topological polar surface area (TPSA) is 22.1 Å². The lowest BCUT2D eigenvalue weighted by Gasteiger charge is -2.22. The van der Waals surface area contributed by atoms with Crippen molar-refractivity contribution in [1.82, 2.24) is 4.98 Å². The van der Waals surface area contributed by atoms with E-state index < -0.39 is 29.8 Å². The smallest absolute Gasteiger partial charge is 0.201 e. The summed E-state index contributed by atoms with van der Waals surface area (Å²) < 4.78 is 53.9. The SMILES string of the molecule is [2H]C([2H])([2H])Oc1c(F)c(F)cc2cncc(C(C)(C)C)c12. The van der Waals surface area contributed by atoms with E-state index in [1.165, 1.54) is 12.4 Å². The zero-order valence-corrected chi connectivity index (χ0v) is 10.3. The molecule has 96 valence electrons. The predicted molar refractivity (Wildman–Crippen MR) is 66.9 cm³/mol. The van der Waals surface area contributed by atoms with Crippen molar-refractivity contribution in [3.8, 4) is 5.75 Å². The first-order chi connectivity index (χ1) is 9.50. The van der Waals surface area contributed by atoms with Crippen molar-refractivity contribution in [1.29, 1.82) is 0 Å². The molecular weight excluding hydrogens is 236 g/mol. The van der Waals surface area contributed by atoms with E-state index in [4.69, 9.17) is 8.85 Å². The number of rotatable bonds is 1. The molecule has 0 radical (unpaired) electrons. The summed E-state index contributed by atoms with van der Waals surface area (Å²) in [6.07, 6.45) is 2.85.